The van der Waals surface area contributed by atoms with Crippen molar-refractivity contribution in [2.75, 3.05) is 18.4 Å². The van der Waals surface area contributed by atoms with E-state index in [1.54, 1.807) is 11.8 Å². The van der Waals surface area contributed by atoms with Crippen molar-refractivity contribution in [3.05, 3.63) is 16.8 Å². The number of unbranched alkanes of at least 4 members (excludes halogenated alkanes) is 2. The summed E-state index contributed by atoms with van der Waals surface area (Å²) in [5, 5.41) is 1.22. The largest absolute Gasteiger partial charge is 0.246 e. The third kappa shape index (κ3) is 5.37. The first-order valence-electron chi connectivity index (χ1n) is 7.91. The number of halogens is 1. The van der Waals surface area contributed by atoms with E-state index in [1.807, 2.05) is 11.8 Å². The Bertz CT molecular complexity index is 435. The fourth-order valence-electron chi connectivity index (χ4n) is 2.56. The predicted octanol–water partition coefficient (Wildman–Crippen LogP) is 5.99. The Morgan fingerprint density at radius 1 is 0.905 bits per heavy atom. The van der Waals surface area contributed by atoms with Gasteiger partial charge in [-0.25, -0.2) is 4.98 Å². The molecule has 0 fully saturated rings. The number of thioether (sulfide) groups is 2. The lowest BCUT2D eigenvalue weighted by atomic mass is 10.0. The van der Waals surface area contributed by atoms with Crippen molar-refractivity contribution >= 4 is 35.1 Å². The van der Waals surface area contributed by atoms with E-state index in [9.17, 15) is 0 Å². The summed E-state index contributed by atoms with van der Waals surface area (Å²) in [6, 6.07) is 0. The van der Waals surface area contributed by atoms with E-state index in [1.165, 1.54) is 52.4 Å². The van der Waals surface area contributed by atoms with Crippen LogP contribution >= 0.6 is 35.1 Å². The Kier molecular flexibility index (Phi) is 9.87. The van der Waals surface area contributed by atoms with Crippen LogP contribution < -0.4 is 0 Å². The Hall–Kier alpha value is 0.140. The van der Waals surface area contributed by atoms with Crippen molar-refractivity contribution in [2.24, 2.45) is 0 Å². The molecule has 0 spiro atoms. The van der Waals surface area contributed by atoms with Crippen molar-refractivity contribution in [1.82, 2.24) is 4.98 Å². The molecule has 0 aliphatic carbocycles. The van der Waals surface area contributed by atoms with Crippen molar-refractivity contribution in [3.63, 3.8) is 0 Å². The average Bonchev–Trinajstić information content (AvgIpc) is 2.51. The Balaban J connectivity index is 3.32. The molecule has 120 valence electrons. The minimum absolute atomic E-state index is 0.655. The highest BCUT2D eigenvalue weighted by Gasteiger charge is 2.18. The maximum atomic E-state index is 6.00. The summed E-state index contributed by atoms with van der Waals surface area (Å²) in [6.07, 6.45) is 12.4. The number of rotatable bonds is 10. The summed E-state index contributed by atoms with van der Waals surface area (Å²) in [6.45, 7) is 4.51. The van der Waals surface area contributed by atoms with Gasteiger partial charge in [0.15, 0.2) is 0 Å². The van der Waals surface area contributed by atoms with E-state index in [0.717, 1.165) is 19.3 Å². The quantitative estimate of drug-likeness (QED) is 0.381. The molecule has 1 heterocycles. The molecule has 0 amide bonds. The smallest absolute Gasteiger partial charge is 0.100 e. The topological polar surface area (TPSA) is 12.9 Å². The van der Waals surface area contributed by atoms with Crippen LogP contribution in [-0.2, 0) is 19.3 Å². The van der Waals surface area contributed by atoms with Gasteiger partial charge in [-0.2, -0.15) is 0 Å². The van der Waals surface area contributed by atoms with Crippen LogP contribution in [0.25, 0.3) is 0 Å². The van der Waals surface area contributed by atoms with E-state index < -0.39 is 0 Å². The zero-order valence-electron chi connectivity index (χ0n) is 13.8. The van der Waals surface area contributed by atoms with Gasteiger partial charge in [-0.05, 0) is 49.3 Å². The van der Waals surface area contributed by atoms with Gasteiger partial charge in [-0.1, -0.05) is 26.7 Å². The van der Waals surface area contributed by atoms with Crippen molar-refractivity contribution in [2.45, 2.75) is 68.7 Å². The molecule has 4 heteroatoms. The standard InChI is InChI=1S/C17H28ClNS2/c1-5-7-9-13-15(11-12-18)19-17(21-4)14(10-8-6-2)16(13)20-3/h5-12H2,1-4H3. The molecule has 0 saturated carbocycles. The van der Waals surface area contributed by atoms with Crippen LogP contribution in [0.3, 0.4) is 0 Å². The van der Waals surface area contributed by atoms with Gasteiger partial charge in [0, 0.05) is 22.9 Å². The van der Waals surface area contributed by atoms with Gasteiger partial charge in [0.05, 0.1) is 0 Å². The number of alkyl halides is 1. The Morgan fingerprint density at radius 3 is 2.00 bits per heavy atom. The lowest BCUT2D eigenvalue weighted by molar-refractivity contribution is 0.721. The molecule has 0 unspecified atom stereocenters. The summed E-state index contributed by atoms with van der Waals surface area (Å²) < 4.78 is 0. The minimum atomic E-state index is 0.655. The molecule has 1 nitrogen and oxygen atoms in total. The summed E-state index contributed by atoms with van der Waals surface area (Å²) in [7, 11) is 0. The third-order valence-electron chi connectivity index (χ3n) is 3.68. The van der Waals surface area contributed by atoms with Gasteiger partial charge in [-0.3, -0.25) is 0 Å². The van der Waals surface area contributed by atoms with E-state index in [0.29, 0.717) is 5.88 Å². The van der Waals surface area contributed by atoms with Crippen LogP contribution in [0.15, 0.2) is 9.92 Å². The zero-order chi connectivity index (χ0) is 15.7. The molecule has 0 radical (unpaired) electrons. The molecule has 1 aromatic rings. The lowest BCUT2D eigenvalue weighted by Gasteiger charge is -2.19. The summed E-state index contributed by atoms with van der Waals surface area (Å²) >= 11 is 9.68. The zero-order valence-corrected chi connectivity index (χ0v) is 16.2. The van der Waals surface area contributed by atoms with Crippen molar-refractivity contribution < 1.29 is 0 Å². The minimum Gasteiger partial charge on any atom is -0.246 e. The predicted molar refractivity (Wildman–Crippen MR) is 99.4 cm³/mol. The molecule has 1 aromatic heterocycles. The molecule has 0 aliphatic rings. The van der Waals surface area contributed by atoms with E-state index in [4.69, 9.17) is 16.6 Å². The second kappa shape index (κ2) is 10.8. The lowest BCUT2D eigenvalue weighted by Crippen LogP contribution is -2.08. The van der Waals surface area contributed by atoms with Gasteiger partial charge in [0.2, 0.25) is 0 Å². The molecule has 0 bridgehead atoms. The molecule has 0 aliphatic heterocycles. The van der Waals surface area contributed by atoms with Gasteiger partial charge in [-0.15, -0.1) is 35.1 Å². The second-order valence-electron chi connectivity index (χ2n) is 5.20. The Labute approximate surface area is 144 Å². The van der Waals surface area contributed by atoms with Gasteiger partial charge >= 0.3 is 0 Å². The summed E-state index contributed by atoms with van der Waals surface area (Å²) in [5.74, 6) is 0.655. The number of hydrogen-bond acceptors (Lipinski definition) is 3. The summed E-state index contributed by atoms with van der Waals surface area (Å²) in [4.78, 5) is 6.44. The molecule has 0 aromatic carbocycles. The molecular weight excluding hydrogens is 318 g/mol. The maximum absolute atomic E-state index is 6.00. The van der Waals surface area contributed by atoms with Crippen LogP contribution in [0.2, 0.25) is 0 Å². The maximum Gasteiger partial charge on any atom is 0.100 e. The first-order valence-corrected chi connectivity index (χ1v) is 10.9. The highest BCUT2D eigenvalue weighted by Crippen LogP contribution is 2.35. The average molecular weight is 346 g/mol. The van der Waals surface area contributed by atoms with E-state index in [2.05, 4.69) is 26.4 Å². The Morgan fingerprint density at radius 2 is 1.52 bits per heavy atom. The first-order chi connectivity index (χ1) is 10.2. The molecule has 0 N–H and O–H groups in total. The van der Waals surface area contributed by atoms with Crippen LogP contribution in [0.1, 0.15) is 56.4 Å². The van der Waals surface area contributed by atoms with Crippen LogP contribution in [0.4, 0.5) is 0 Å². The number of pyridine rings is 1. The fraction of sp³-hybridized carbons (Fsp3) is 0.706. The molecular formula is C17H28ClNS2. The number of aryl methyl sites for hydroxylation is 1. The van der Waals surface area contributed by atoms with Crippen molar-refractivity contribution in [1.29, 1.82) is 0 Å². The molecule has 21 heavy (non-hydrogen) atoms. The van der Waals surface area contributed by atoms with Crippen LogP contribution in [-0.4, -0.2) is 23.4 Å². The monoisotopic (exact) mass is 345 g/mol. The number of aromatic nitrogens is 1. The van der Waals surface area contributed by atoms with Gasteiger partial charge in [0.1, 0.15) is 5.03 Å². The summed E-state index contributed by atoms with van der Waals surface area (Å²) in [5.41, 5.74) is 4.17. The van der Waals surface area contributed by atoms with Crippen LogP contribution in [0, 0.1) is 0 Å². The third-order valence-corrected chi connectivity index (χ3v) is 5.50. The fourth-order valence-corrected chi connectivity index (χ4v) is 4.37. The van der Waals surface area contributed by atoms with Gasteiger partial charge in [0.25, 0.3) is 0 Å². The molecule has 0 saturated heterocycles. The van der Waals surface area contributed by atoms with Crippen LogP contribution in [0.5, 0.6) is 0 Å². The van der Waals surface area contributed by atoms with Crippen molar-refractivity contribution in [3.8, 4) is 0 Å². The highest BCUT2D eigenvalue weighted by atomic mass is 35.5. The van der Waals surface area contributed by atoms with E-state index in [-0.39, 0.29) is 0 Å². The van der Waals surface area contributed by atoms with Gasteiger partial charge < -0.3 is 0 Å². The number of hydrogen-bond donors (Lipinski definition) is 0. The van der Waals surface area contributed by atoms with E-state index >= 15 is 0 Å². The first kappa shape index (κ1) is 19.2. The SMILES string of the molecule is CCCCc1c(CCCl)nc(SC)c(CCCC)c1SC. The normalized spacial score (nSPS) is 11.1. The highest BCUT2D eigenvalue weighted by molar-refractivity contribution is 7.99. The molecule has 1 rings (SSSR count). The molecule has 0 atom stereocenters. The second-order valence-corrected chi connectivity index (χ2v) is 7.19. The number of nitrogens with zero attached hydrogens (tertiary/aromatic N) is 1.